The number of carbonyl (C=O) groups is 1. The van der Waals surface area contributed by atoms with E-state index in [1.54, 1.807) is 6.92 Å². The summed E-state index contributed by atoms with van der Waals surface area (Å²) < 4.78 is 4.90. The Morgan fingerprint density at radius 2 is 1.94 bits per heavy atom. The van der Waals surface area contributed by atoms with Crippen LogP contribution in [-0.2, 0) is 9.53 Å². The maximum Gasteiger partial charge on any atom is 0.332 e. The predicted octanol–water partition coefficient (Wildman–Crippen LogP) is 2.15. The highest BCUT2D eigenvalue weighted by atomic mass is 16.5. The molecule has 0 bridgehead atoms. The summed E-state index contributed by atoms with van der Waals surface area (Å²) in [6.45, 7) is 2.19. The Bertz CT molecular complexity index is 369. The van der Waals surface area contributed by atoms with E-state index in [4.69, 9.17) is 4.74 Å². The van der Waals surface area contributed by atoms with E-state index in [1.165, 1.54) is 6.08 Å². The zero-order chi connectivity index (χ0) is 12.0. The highest BCUT2D eigenvalue weighted by Crippen LogP contribution is 2.15. The highest BCUT2D eigenvalue weighted by Gasteiger charge is 2.06. The van der Waals surface area contributed by atoms with Gasteiger partial charge in [0.15, 0.2) is 0 Å². The van der Waals surface area contributed by atoms with Crippen LogP contribution in [0.4, 0.5) is 0 Å². The Morgan fingerprint density at radius 1 is 1.31 bits per heavy atom. The van der Waals surface area contributed by atoms with Crippen LogP contribution in [-0.4, -0.2) is 31.6 Å². The van der Waals surface area contributed by atoms with Gasteiger partial charge in [0.1, 0.15) is 0 Å². The molecule has 0 saturated carbocycles. The van der Waals surface area contributed by atoms with Crippen LogP contribution in [0, 0.1) is 0 Å². The van der Waals surface area contributed by atoms with Gasteiger partial charge in [-0.1, -0.05) is 30.3 Å². The molecule has 0 saturated heterocycles. The van der Waals surface area contributed by atoms with Crippen LogP contribution in [0.2, 0.25) is 0 Å². The standard InChI is InChI=1S/C13H17NO2/c1-4-16-13(15)10-12(14(2)3)11-8-6-5-7-9-11/h5-10H,4H2,1-3H3. The second-order valence-corrected chi connectivity index (χ2v) is 3.54. The molecule has 0 unspecified atom stereocenters. The molecule has 1 rings (SSSR count). The lowest BCUT2D eigenvalue weighted by atomic mass is 10.1. The van der Waals surface area contributed by atoms with Crippen LogP contribution in [0.3, 0.4) is 0 Å². The lowest BCUT2D eigenvalue weighted by Gasteiger charge is -2.17. The first-order chi connectivity index (χ1) is 7.65. The van der Waals surface area contributed by atoms with E-state index in [0.717, 1.165) is 11.3 Å². The smallest absolute Gasteiger partial charge is 0.332 e. The third-order valence-corrected chi connectivity index (χ3v) is 2.09. The minimum absolute atomic E-state index is 0.310. The van der Waals surface area contributed by atoms with Gasteiger partial charge in [0, 0.05) is 20.2 Å². The first-order valence-electron chi connectivity index (χ1n) is 5.26. The zero-order valence-corrected chi connectivity index (χ0v) is 9.93. The molecule has 3 heteroatoms. The minimum Gasteiger partial charge on any atom is -0.463 e. The molecule has 3 nitrogen and oxygen atoms in total. The average Bonchev–Trinajstić information content (AvgIpc) is 2.27. The molecule has 0 N–H and O–H groups in total. The summed E-state index contributed by atoms with van der Waals surface area (Å²) in [5.41, 5.74) is 1.85. The first-order valence-corrected chi connectivity index (χ1v) is 5.26. The highest BCUT2D eigenvalue weighted by molar-refractivity contribution is 5.90. The number of esters is 1. The van der Waals surface area contributed by atoms with Crippen LogP contribution >= 0.6 is 0 Å². The number of benzene rings is 1. The minimum atomic E-state index is -0.310. The van der Waals surface area contributed by atoms with Crippen molar-refractivity contribution in [3.63, 3.8) is 0 Å². The molecule has 0 atom stereocenters. The Hall–Kier alpha value is -1.77. The molecule has 86 valence electrons. The van der Waals surface area contributed by atoms with Crippen molar-refractivity contribution in [2.24, 2.45) is 0 Å². The normalized spacial score (nSPS) is 11.1. The van der Waals surface area contributed by atoms with E-state index in [2.05, 4.69) is 0 Å². The summed E-state index contributed by atoms with van der Waals surface area (Å²) in [6.07, 6.45) is 1.51. The SMILES string of the molecule is CCOC(=O)C=C(c1ccccc1)N(C)C. The van der Waals surface area contributed by atoms with Gasteiger partial charge in [-0.2, -0.15) is 0 Å². The Labute approximate surface area is 96.3 Å². The van der Waals surface area contributed by atoms with E-state index in [9.17, 15) is 4.79 Å². The van der Waals surface area contributed by atoms with E-state index in [1.807, 2.05) is 49.3 Å². The summed E-state index contributed by atoms with van der Waals surface area (Å²) in [7, 11) is 3.80. The van der Waals surface area contributed by atoms with Gasteiger partial charge in [-0.25, -0.2) is 4.79 Å². The molecule has 0 heterocycles. The zero-order valence-electron chi connectivity index (χ0n) is 9.93. The van der Waals surface area contributed by atoms with Crippen LogP contribution in [0.15, 0.2) is 36.4 Å². The van der Waals surface area contributed by atoms with Gasteiger partial charge in [0.05, 0.1) is 12.3 Å². The van der Waals surface area contributed by atoms with E-state index < -0.39 is 0 Å². The molecular weight excluding hydrogens is 202 g/mol. The second-order valence-electron chi connectivity index (χ2n) is 3.54. The van der Waals surface area contributed by atoms with Gasteiger partial charge in [-0.15, -0.1) is 0 Å². The van der Waals surface area contributed by atoms with Crippen LogP contribution in [0.1, 0.15) is 12.5 Å². The fourth-order valence-electron chi connectivity index (χ4n) is 1.38. The quantitative estimate of drug-likeness (QED) is 0.574. The number of rotatable bonds is 4. The third kappa shape index (κ3) is 3.42. The summed E-state index contributed by atoms with van der Waals surface area (Å²) in [5, 5.41) is 0. The summed E-state index contributed by atoms with van der Waals surface area (Å²) in [5.74, 6) is -0.310. The molecule has 0 aliphatic carbocycles. The van der Waals surface area contributed by atoms with E-state index >= 15 is 0 Å². The summed E-state index contributed by atoms with van der Waals surface area (Å²) >= 11 is 0. The van der Waals surface area contributed by atoms with Gasteiger partial charge in [0.2, 0.25) is 0 Å². The molecule has 0 radical (unpaired) electrons. The van der Waals surface area contributed by atoms with Gasteiger partial charge in [0.25, 0.3) is 0 Å². The van der Waals surface area contributed by atoms with Crippen molar-refractivity contribution >= 4 is 11.7 Å². The molecule has 1 aromatic rings. The molecule has 0 aliphatic rings. The number of hydrogen-bond donors (Lipinski definition) is 0. The second kappa shape index (κ2) is 5.95. The van der Waals surface area contributed by atoms with Crippen LogP contribution in [0.25, 0.3) is 5.70 Å². The van der Waals surface area contributed by atoms with Gasteiger partial charge in [-0.3, -0.25) is 0 Å². The molecule has 16 heavy (non-hydrogen) atoms. The molecule has 1 aromatic carbocycles. The molecule has 0 fully saturated rings. The molecule has 0 aromatic heterocycles. The Balaban J connectivity index is 2.96. The van der Waals surface area contributed by atoms with Crippen molar-refractivity contribution in [2.45, 2.75) is 6.92 Å². The number of carbonyl (C=O) groups excluding carboxylic acids is 1. The number of nitrogens with zero attached hydrogens (tertiary/aromatic N) is 1. The van der Waals surface area contributed by atoms with Crippen molar-refractivity contribution in [1.29, 1.82) is 0 Å². The fourth-order valence-corrected chi connectivity index (χ4v) is 1.38. The predicted molar refractivity (Wildman–Crippen MR) is 64.7 cm³/mol. The lowest BCUT2D eigenvalue weighted by Crippen LogP contribution is -2.12. The van der Waals surface area contributed by atoms with Gasteiger partial charge >= 0.3 is 5.97 Å². The molecular formula is C13H17NO2. The van der Waals surface area contributed by atoms with Crippen molar-refractivity contribution < 1.29 is 9.53 Å². The van der Waals surface area contributed by atoms with Crippen LogP contribution in [0.5, 0.6) is 0 Å². The summed E-state index contributed by atoms with van der Waals surface area (Å²) in [4.78, 5) is 13.3. The maximum atomic E-state index is 11.4. The third-order valence-electron chi connectivity index (χ3n) is 2.09. The summed E-state index contributed by atoms with van der Waals surface area (Å²) in [6, 6.07) is 9.76. The molecule has 0 aliphatic heterocycles. The number of hydrogen-bond acceptors (Lipinski definition) is 3. The van der Waals surface area contributed by atoms with E-state index in [-0.39, 0.29) is 5.97 Å². The van der Waals surface area contributed by atoms with Crippen molar-refractivity contribution in [3.8, 4) is 0 Å². The maximum absolute atomic E-state index is 11.4. The van der Waals surface area contributed by atoms with Crippen molar-refractivity contribution in [1.82, 2.24) is 4.90 Å². The van der Waals surface area contributed by atoms with Crippen molar-refractivity contribution in [3.05, 3.63) is 42.0 Å². The fraction of sp³-hybridized carbons (Fsp3) is 0.308. The van der Waals surface area contributed by atoms with Crippen LogP contribution < -0.4 is 0 Å². The van der Waals surface area contributed by atoms with Gasteiger partial charge < -0.3 is 9.64 Å². The lowest BCUT2D eigenvalue weighted by molar-refractivity contribution is -0.137. The molecule has 0 amide bonds. The Kier molecular flexibility index (Phi) is 4.58. The van der Waals surface area contributed by atoms with E-state index in [0.29, 0.717) is 6.61 Å². The Morgan fingerprint density at radius 3 is 2.44 bits per heavy atom. The van der Waals surface area contributed by atoms with Gasteiger partial charge in [-0.05, 0) is 12.5 Å². The first kappa shape index (κ1) is 12.3. The monoisotopic (exact) mass is 219 g/mol. The number of ether oxygens (including phenoxy) is 1. The molecule has 0 spiro atoms. The topological polar surface area (TPSA) is 29.5 Å². The largest absolute Gasteiger partial charge is 0.463 e. The average molecular weight is 219 g/mol. The van der Waals surface area contributed by atoms with Crippen molar-refractivity contribution in [2.75, 3.05) is 20.7 Å².